The van der Waals surface area contributed by atoms with Crippen molar-refractivity contribution < 1.29 is 18.7 Å². The Hall–Kier alpha value is -4.25. The first-order valence-electron chi connectivity index (χ1n) is 9.64. The van der Waals surface area contributed by atoms with Crippen LogP contribution in [0.1, 0.15) is 20.8 Å². The number of nitrogens with two attached hydrogens (primary N) is 1. The van der Waals surface area contributed by atoms with Gasteiger partial charge in [0.1, 0.15) is 11.9 Å². The Labute approximate surface area is 191 Å². The molecule has 0 atom stereocenters. The van der Waals surface area contributed by atoms with E-state index < -0.39 is 11.7 Å². The molecule has 2 amide bonds. The lowest BCUT2D eigenvalue weighted by atomic mass is 10.1. The smallest absolute Gasteiger partial charge is 0.254 e. The molecule has 0 spiro atoms. The van der Waals surface area contributed by atoms with E-state index in [1.54, 1.807) is 18.5 Å². The van der Waals surface area contributed by atoms with Gasteiger partial charge in [0.2, 0.25) is 11.8 Å². The summed E-state index contributed by atoms with van der Waals surface area (Å²) in [4.78, 5) is 41.1. The summed E-state index contributed by atoms with van der Waals surface area (Å²) in [6.45, 7) is 1.88. The molecule has 0 aliphatic rings. The second-order valence-corrected chi connectivity index (χ2v) is 8.07. The summed E-state index contributed by atoms with van der Waals surface area (Å²) in [7, 11) is 0. The van der Waals surface area contributed by atoms with Crippen molar-refractivity contribution in [2.75, 3.05) is 5.32 Å². The van der Waals surface area contributed by atoms with Gasteiger partial charge in [-0.2, -0.15) is 0 Å². The third-order valence-electron chi connectivity index (χ3n) is 4.48. The SMILES string of the molecule is Cc1sc(NC(=O)Cc2ccc(Oc3ncccc3C(N)=O)c(F)c2)nc1-c1cncnc1. The molecule has 0 radical (unpaired) electrons. The summed E-state index contributed by atoms with van der Waals surface area (Å²) in [5, 5.41) is 3.15. The number of primary amides is 1. The van der Waals surface area contributed by atoms with Gasteiger partial charge >= 0.3 is 0 Å². The quantitative estimate of drug-likeness (QED) is 0.427. The highest BCUT2D eigenvalue weighted by Crippen LogP contribution is 2.30. The molecule has 9 nitrogen and oxygen atoms in total. The predicted octanol–water partition coefficient (Wildman–Crippen LogP) is 3.52. The molecule has 0 bridgehead atoms. The molecule has 0 saturated heterocycles. The number of hydrogen-bond acceptors (Lipinski definition) is 8. The number of halogens is 1. The van der Waals surface area contributed by atoms with E-state index in [2.05, 4.69) is 25.3 Å². The largest absolute Gasteiger partial charge is 0.435 e. The van der Waals surface area contributed by atoms with E-state index >= 15 is 0 Å². The number of ether oxygens (including phenoxy) is 1. The number of pyridine rings is 1. The van der Waals surface area contributed by atoms with Gasteiger partial charge in [-0.25, -0.2) is 24.3 Å². The number of aromatic nitrogens is 4. The molecule has 3 heterocycles. The summed E-state index contributed by atoms with van der Waals surface area (Å²) >= 11 is 1.32. The zero-order chi connectivity index (χ0) is 23.4. The number of hydrogen-bond donors (Lipinski definition) is 2. The number of carbonyl (C=O) groups excluding carboxylic acids is 2. The van der Waals surface area contributed by atoms with Crippen molar-refractivity contribution in [3.8, 4) is 22.9 Å². The second-order valence-electron chi connectivity index (χ2n) is 6.86. The average molecular weight is 464 g/mol. The van der Waals surface area contributed by atoms with E-state index in [4.69, 9.17) is 10.5 Å². The first-order chi connectivity index (χ1) is 15.9. The number of aryl methyl sites for hydroxylation is 1. The maximum absolute atomic E-state index is 14.6. The van der Waals surface area contributed by atoms with E-state index in [1.807, 2.05) is 6.92 Å². The van der Waals surface area contributed by atoms with Crippen LogP contribution in [0.4, 0.5) is 9.52 Å². The van der Waals surface area contributed by atoms with Crippen molar-refractivity contribution in [3.63, 3.8) is 0 Å². The molecule has 166 valence electrons. The van der Waals surface area contributed by atoms with Crippen LogP contribution in [0.25, 0.3) is 11.3 Å². The van der Waals surface area contributed by atoms with Crippen LogP contribution >= 0.6 is 11.3 Å². The molecular formula is C22H17FN6O3S. The number of carbonyl (C=O) groups is 2. The van der Waals surface area contributed by atoms with Gasteiger partial charge in [0.25, 0.3) is 5.91 Å². The number of amides is 2. The van der Waals surface area contributed by atoms with Gasteiger partial charge in [0.15, 0.2) is 16.7 Å². The highest BCUT2D eigenvalue weighted by atomic mass is 32.1. The number of anilines is 1. The zero-order valence-electron chi connectivity index (χ0n) is 17.3. The Kier molecular flexibility index (Phi) is 6.31. The summed E-state index contributed by atoms with van der Waals surface area (Å²) in [6, 6.07) is 7.04. The van der Waals surface area contributed by atoms with Gasteiger partial charge < -0.3 is 15.8 Å². The molecular weight excluding hydrogens is 447 g/mol. The maximum atomic E-state index is 14.6. The third-order valence-corrected chi connectivity index (χ3v) is 5.37. The van der Waals surface area contributed by atoms with Gasteiger partial charge in [-0.15, -0.1) is 11.3 Å². The fraction of sp³-hybridized carbons (Fsp3) is 0.0909. The van der Waals surface area contributed by atoms with Crippen LogP contribution < -0.4 is 15.8 Å². The van der Waals surface area contributed by atoms with Crippen LogP contribution in [0.3, 0.4) is 0 Å². The minimum Gasteiger partial charge on any atom is -0.435 e. The fourth-order valence-electron chi connectivity index (χ4n) is 2.99. The molecule has 3 aromatic heterocycles. The van der Waals surface area contributed by atoms with E-state index in [1.165, 1.54) is 48.1 Å². The van der Waals surface area contributed by atoms with Crippen molar-refractivity contribution in [2.24, 2.45) is 5.73 Å². The van der Waals surface area contributed by atoms with Crippen LogP contribution in [0, 0.1) is 12.7 Å². The molecule has 0 fully saturated rings. The lowest BCUT2D eigenvalue weighted by molar-refractivity contribution is -0.115. The first-order valence-corrected chi connectivity index (χ1v) is 10.5. The van der Waals surface area contributed by atoms with Gasteiger partial charge in [-0.1, -0.05) is 6.07 Å². The number of nitrogens with one attached hydrogen (secondary N) is 1. The summed E-state index contributed by atoms with van der Waals surface area (Å²) in [6.07, 6.45) is 6.04. The zero-order valence-corrected chi connectivity index (χ0v) is 18.1. The highest BCUT2D eigenvalue weighted by molar-refractivity contribution is 7.16. The Balaban J connectivity index is 1.43. The van der Waals surface area contributed by atoms with Gasteiger partial charge in [0.05, 0.1) is 12.1 Å². The van der Waals surface area contributed by atoms with Crippen molar-refractivity contribution >= 4 is 28.3 Å². The van der Waals surface area contributed by atoms with Gasteiger partial charge in [-0.05, 0) is 36.8 Å². The fourth-order valence-corrected chi connectivity index (χ4v) is 3.84. The molecule has 4 aromatic rings. The number of thiazole rings is 1. The standard InChI is InChI=1S/C22H17FN6O3S/c1-12-19(14-9-25-11-26-10-14)29-22(33-12)28-18(30)8-13-4-5-17(16(23)7-13)32-21-15(20(24)31)3-2-6-27-21/h2-7,9-11H,8H2,1H3,(H2,24,31)(H,28,29,30). The number of rotatable bonds is 7. The minimum atomic E-state index is -0.743. The van der Waals surface area contributed by atoms with Crippen molar-refractivity contribution in [1.29, 1.82) is 0 Å². The van der Waals surface area contributed by atoms with Crippen molar-refractivity contribution in [3.05, 3.63) is 77.1 Å². The first kappa shape index (κ1) is 22.0. The Morgan fingerprint density at radius 3 is 2.73 bits per heavy atom. The van der Waals surface area contributed by atoms with Crippen molar-refractivity contribution in [1.82, 2.24) is 19.9 Å². The minimum absolute atomic E-state index is 0.0283. The molecule has 33 heavy (non-hydrogen) atoms. The van der Waals surface area contributed by atoms with E-state index in [9.17, 15) is 14.0 Å². The molecule has 0 unspecified atom stereocenters. The summed E-state index contributed by atoms with van der Waals surface area (Å²) in [5.74, 6) is -2.06. The monoisotopic (exact) mass is 464 g/mol. The van der Waals surface area contributed by atoms with Crippen LogP contribution in [0.2, 0.25) is 0 Å². The molecule has 11 heteroatoms. The number of benzene rings is 1. The van der Waals surface area contributed by atoms with Crippen LogP contribution in [0.5, 0.6) is 11.6 Å². The van der Waals surface area contributed by atoms with Crippen molar-refractivity contribution in [2.45, 2.75) is 13.3 Å². The Morgan fingerprint density at radius 2 is 2.00 bits per heavy atom. The molecule has 4 rings (SSSR count). The summed E-state index contributed by atoms with van der Waals surface area (Å²) in [5.41, 5.74) is 7.18. The Morgan fingerprint density at radius 1 is 1.21 bits per heavy atom. The lowest BCUT2D eigenvalue weighted by Crippen LogP contribution is -2.14. The predicted molar refractivity (Wildman–Crippen MR) is 119 cm³/mol. The summed E-state index contributed by atoms with van der Waals surface area (Å²) < 4.78 is 20.0. The Bertz CT molecular complexity index is 1330. The van der Waals surface area contributed by atoms with E-state index in [-0.39, 0.29) is 29.5 Å². The maximum Gasteiger partial charge on any atom is 0.254 e. The highest BCUT2D eigenvalue weighted by Gasteiger charge is 2.16. The van der Waals surface area contributed by atoms with E-state index in [0.717, 1.165) is 10.4 Å². The molecule has 0 saturated carbocycles. The van der Waals surface area contributed by atoms with Crippen LogP contribution in [0.15, 0.2) is 55.2 Å². The average Bonchev–Trinajstić information content (AvgIpc) is 3.16. The van der Waals surface area contributed by atoms with Crippen LogP contribution in [-0.2, 0) is 11.2 Å². The van der Waals surface area contributed by atoms with Gasteiger partial charge in [0, 0.05) is 29.0 Å². The molecule has 0 aliphatic carbocycles. The topological polar surface area (TPSA) is 133 Å². The second kappa shape index (κ2) is 9.49. The third kappa shape index (κ3) is 5.15. The molecule has 1 aromatic carbocycles. The van der Waals surface area contributed by atoms with Gasteiger partial charge in [-0.3, -0.25) is 9.59 Å². The normalized spacial score (nSPS) is 10.6. The van der Waals surface area contributed by atoms with E-state index in [0.29, 0.717) is 16.4 Å². The molecule has 3 N–H and O–H groups in total. The number of nitrogens with zero attached hydrogens (tertiary/aromatic N) is 4. The molecule has 0 aliphatic heterocycles. The van der Waals surface area contributed by atoms with Crippen LogP contribution in [-0.4, -0.2) is 31.8 Å². The lowest BCUT2D eigenvalue weighted by Gasteiger charge is -2.09.